The van der Waals surface area contributed by atoms with E-state index in [9.17, 15) is 18.4 Å². The summed E-state index contributed by atoms with van der Waals surface area (Å²) in [6, 6.07) is 4.39. The average Bonchev–Trinajstić information content (AvgIpc) is 2.14. The van der Waals surface area contributed by atoms with Crippen molar-refractivity contribution in [2.75, 3.05) is 5.06 Å². The molecular weight excluding hydrogens is 219 g/mol. The van der Waals surface area contributed by atoms with Gasteiger partial charge in [-0.1, -0.05) is 0 Å². The number of hydrogen-bond acceptors (Lipinski definition) is 2. The number of hydrogen-bond donors (Lipinski definition) is 1. The van der Waals surface area contributed by atoms with Gasteiger partial charge in [-0.15, -0.1) is 0 Å². The molecule has 0 radical (unpaired) electrons. The fourth-order valence-corrected chi connectivity index (χ4v) is 1.18. The monoisotopic (exact) mass is 233 g/mol. The van der Waals surface area contributed by atoms with Crippen LogP contribution in [0.3, 0.4) is 0 Å². The second kappa shape index (κ2) is 3.97. The van der Waals surface area contributed by atoms with E-state index in [2.05, 4.69) is 0 Å². The molecular formula is C11H14F3NO. The number of alkyl halides is 3. The molecule has 0 saturated carbocycles. The SMILES string of the molecule is CC(C)(C)N(O)c1ccc(C(F)(F)F)cc1. The van der Waals surface area contributed by atoms with Crippen LogP contribution in [-0.4, -0.2) is 10.7 Å². The lowest BCUT2D eigenvalue weighted by atomic mass is 10.1. The molecule has 0 spiro atoms. The molecule has 0 aliphatic carbocycles. The van der Waals surface area contributed by atoms with E-state index in [1.165, 1.54) is 12.1 Å². The van der Waals surface area contributed by atoms with E-state index in [4.69, 9.17) is 0 Å². The Bertz CT molecular complexity index is 351. The van der Waals surface area contributed by atoms with Gasteiger partial charge in [-0.2, -0.15) is 13.2 Å². The minimum atomic E-state index is -4.35. The van der Waals surface area contributed by atoms with Gasteiger partial charge in [-0.3, -0.25) is 10.3 Å². The summed E-state index contributed by atoms with van der Waals surface area (Å²) in [4.78, 5) is 0. The Balaban J connectivity index is 2.96. The first-order valence-corrected chi connectivity index (χ1v) is 4.79. The van der Waals surface area contributed by atoms with E-state index in [-0.39, 0.29) is 0 Å². The zero-order valence-corrected chi connectivity index (χ0v) is 9.34. The van der Waals surface area contributed by atoms with Gasteiger partial charge in [-0.25, -0.2) is 0 Å². The predicted molar refractivity (Wildman–Crippen MR) is 55.5 cm³/mol. The molecule has 0 atom stereocenters. The Morgan fingerprint density at radius 3 is 1.75 bits per heavy atom. The molecule has 2 nitrogen and oxygen atoms in total. The van der Waals surface area contributed by atoms with Gasteiger partial charge in [0.05, 0.1) is 16.8 Å². The second-order valence-electron chi connectivity index (χ2n) is 4.53. The van der Waals surface area contributed by atoms with Crippen molar-refractivity contribution in [1.82, 2.24) is 0 Å². The maximum atomic E-state index is 12.3. The van der Waals surface area contributed by atoms with Crippen LogP contribution in [0.25, 0.3) is 0 Å². The molecule has 1 N–H and O–H groups in total. The molecule has 1 aromatic carbocycles. The number of halogens is 3. The second-order valence-corrected chi connectivity index (χ2v) is 4.53. The first kappa shape index (κ1) is 12.8. The van der Waals surface area contributed by atoms with Gasteiger partial charge in [0.25, 0.3) is 0 Å². The standard InChI is InChI=1S/C11H14F3NO/c1-10(2,3)15(16)9-6-4-8(5-7-9)11(12,13)14/h4-7,16H,1-3H3. The van der Waals surface area contributed by atoms with Gasteiger partial charge in [0.15, 0.2) is 0 Å². The Labute approximate surface area is 92.3 Å². The minimum absolute atomic E-state index is 0.334. The van der Waals surface area contributed by atoms with Crippen LogP contribution in [0, 0.1) is 0 Å². The normalized spacial score (nSPS) is 12.7. The Kier molecular flexibility index (Phi) is 3.19. The minimum Gasteiger partial charge on any atom is -0.288 e. The molecule has 0 aromatic heterocycles. The smallest absolute Gasteiger partial charge is 0.288 e. The van der Waals surface area contributed by atoms with Crippen LogP contribution in [0.4, 0.5) is 18.9 Å². The van der Waals surface area contributed by atoms with E-state index >= 15 is 0 Å². The summed E-state index contributed by atoms with van der Waals surface area (Å²) in [7, 11) is 0. The van der Waals surface area contributed by atoms with E-state index in [0.717, 1.165) is 17.2 Å². The molecule has 0 bridgehead atoms. The quantitative estimate of drug-likeness (QED) is 0.747. The van der Waals surface area contributed by atoms with Gasteiger partial charge in [0.1, 0.15) is 0 Å². The van der Waals surface area contributed by atoms with E-state index in [1.807, 2.05) is 0 Å². The van der Waals surface area contributed by atoms with Crippen molar-refractivity contribution in [1.29, 1.82) is 0 Å². The topological polar surface area (TPSA) is 23.5 Å². The number of anilines is 1. The molecule has 0 unspecified atom stereocenters. The lowest BCUT2D eigenvalue weighted by molar-refractivity contribution is -0.137. The summed E-state index contributed by atoms with van der Waals surface area (Å²) < 4.78 is 36.8. The third kappa shape index (κ3) is 2.88. The molecule has 0 saturated heterocycles. The third-order valence-corrected chi connectivity index (χ3v) is 2.07. The van der Waals surface area contributed by atoms with Crippen LogP contribution in [0.15, 0.2) is 24.3 Å². The van der Waals surface area contributed by atoms with Crippen molar-refractivity contribution in [2.45, 2.75) is 32.5 Å². The highest BCUT2D eigenvalue weighted by atomic mass is 19.4. The van der Waals surface area contributed by atoms with Crippen molar-refractivity contribution in [3.8, 4) is 0 Å². The van der Waals surface area contributed by atoms with Crippen molar-refractivity contribution in [3.63, 3.8) is 0 Å². The van der Waals surface area contributed by atoms with Crippen LogP contribution < -0.4 is 5.06 Å². The maximum absolute atomic E-state index is 12.3. The van der Waals surface area contributed by atoms with Crippen molar-refractivity contribution < 1.29 is 18.4 Å². The number of nitrogens with zero attached hydrogens (tertiary/aromatic N) is 1. The van der Waals surface area contributed by atoms with Crippen LogP contribution in [0.2, 0.25) is 0 Å². The van der Waals surface area contributed by atoms with Crippen molar-refractivity contribution >= 4 is 5.69 Å². The summed E-state index contributed by atoms with van der Waals surface area (Å²) in [6.45, 7) is 5.26. The lowest BCUT2D eigenvalue weighted by Gasteiger charge is -2.31. The van der Waals surface area contributed by atoms with Gasteiger partial charge in [0.2, 0.25) is 0 Å². The third-order valence-electron chi connectivity index (χ3n) is 2.07. The Hall–Kier alpha value is -1.23. The molecule has 5 heteroatoms. The van der Waals surface area contributed by atoms with Crippen LogP contribution in [0.1, 0.15) is 26.3 Å². The molecule has 1 aromatic rings. The number of benzene rings is 1. The summed E-state index contributed by atoms with van der Waals surface area (Å²) in [5.74, 6) is 0. The molecule has 90 valence electrons. The van der Waals surface area contributed by atoms with Gasteiger partial charge >= 0.3 is 6.18 Å². The molecule has 0 aliphatic rings. The van der Waals surface area contributed by atoms with Crippen molar-refractivity contribution in [2.24, 2.45) is 0 Å². The predicted octanol–water partition coefficient (Wildman–Crippen LogP) is 3.70. The number of hydroxylamine groups is 1. The molecule has 0 aliphatic heterocycles. The summed E-state index contributed by atoms with van der Waals surface area (Å²) in [6.07, 6.45) is -4.35. The zero-order valence-electron chi connectivity index (χ0n) is 9.34. The highest BCUT2D eigenvalue weighted by molar-refractivity contribution is 5.47. The van der Waals surface area contributed by atoms with E-state index < -0.39 is 17.3 Å². The first-order valence-electron chi connectivity index (χ1n) is 4.79. The molecule has 0 heterocycles. The Morgan fingerprint density at radius 1 is 1.00 bits per heavy atom. The molecule has 0 amide bonds. The fraction of sp³-hybridized carbons (Fsp3) is 0.455. The largest absolute Gasteiger partial charge is 0.416 e. The fourth-order valence-electron chi connectivity index (χ4n) is 1.18. The molecule has 16 heavy (non-hydrogen) atoms. The highest BCUT2D eigenvalue weighted by Crippen LogP contribution is 2.31. The van der Waals surface area contributed by atoms with Crippen LogP contribution in [-0.2, 0) is 6.18 Å². The Morgan fingerprint density at radius 2 is 1.44 bits per heavy atom. The average molecular weight is 233 g/mol. The van der Waals surface area contributed by atoms with Crippen LogP contribution in [0.5, 0.6) is 0 Å². The molecule has 0 fully saturated rings. The van der Waals surface area contributed by atoms with Crippen LogP contribution >= 0.6 is 0 Å². The van der Waals surface area contributed by atoms with Gasteiger partial charge < -0.3 is 0 Å². The lowest BCUT2D eigenvalue weighted by Crippen LogP contribution is -2.38. The summed E-state index contributed by atoms with van der Waals surface area (Å²) in [5.41, 5.74) is -0.946. The van der Waals surface area contributed by atoms with Gasteiger partial charge in [0, 0.05) is 0 Å². The maximum Gasteiger partial charge on any atom is 0.416 e. The zero-order chi connectivity index (χ0) is 12.6. The van der Waals surface area contributed by atoms with Gasteiger partial charge in [-0.05, 0) is 45.0 Å². The highest BCUT2D eigenvalue weighted by Gasteiger charge is 2.30. The van der Waals surface area contributed by atoms with E-state index in [1.54, 1.807) is 20.8 Å². The first-order chi connectivity index (χ1) is 7.12. The van der Waals surface area contributed by atoms with Crippen molar-refractivity contribution in [3.05, 3.63) is 29.8 Å². The summed E-state index contributed by atoms with van der Waals surface area (Å²) >= 11 is 0. The number of rotatable bonds is 1. The summed E-state index contributed by atoms with van der Waals surface area (Å²) in [5, 5.41) is 10.6. The van der Waals surface area contributed by atoms with E-state index in [0.29, 0.717) is 5.69 Å². The molecule has 1 rings (SSSR count).